The van der Waals surface area contributed by atoms with Crippen molar-refractivity contribution in [2.45, 2.75) is 39.3 Å². The van der Waals surface area contributed by atoms with Gasteiger partial charge in [0.05, 0.1) is 24.4 Å². The lowest BCUT2D eigenvalue weighted by molar-refractivity contribution is 0.0296. The Hall–Kier alpha value is -1.42. The summed E-state index contributed by atoms with van der Waals surface area (Å²) in [6, 6.07) is 4.80. The van der Waals surface area contributed by atoms with Crippen LogP contribution in [0.3, 0.4) is 0 Å². The van der Waals surface area contributed by atoms with Crippen LogP contribution in [0.2, 0.25) is 0 Å². The van der Waals surface area contributed by atoms with Crippen LogP contribution in [0, 0.1) is 5.82 Å². The number of anilines is 1. The topological polar surface area (TPSA) is 29.5 Å². The Morgan fingerprint density at radius 3 is 2.89 bits per heavy atom. The van der Waals surface area contributed by atoms with E-state index in [1.54, 1.807) is 12.1 Å². The molecule has 3 nitrogen and oxygen atoms in total. The quantitative estimate of drug-likeness (QED) is 0.787. The molecule has 1 saturated heterocycles. The lowest BCUT2D eigenvalue weighted by Gasteiger charge is -2.40. The van der Waals surface area contributed by atoms with E-state index in [-0.39, 0.29) is 23.7 Å². The predicted octanol–water partition coefficient (Wildman–Crippen LogP) is 3.03. The van der Waals surface area contributed by atoms with Gasteiger partial charge in [-0.3, -0.25) is 4.79 Å². The molecule has 2 unspecified atom stereocenters. The monoisotopic (exact) mass is 265 g/mol. The van der Waals surface area contributed by atoms with Crippen molar-refractivity contribution < 1.29 is 13.9 Å². The zero-order chi connectivity index (χ0) is 14.0. The molecule has 2 rings (SSSR count). The summed E-state index contributed by atoms with van der Waals surface area (Å²) in [6.45, 7) is 6.67. The van der Waals surface area contributed by atoms with E-state index in [4.69, 9.17) is 4.74 Å². The lowest BCUT2D eigenvalue weighted by Crippen LogP contribution is -2.49. The van der Waals surface area contributed by atoms with Crippen molar-refractivity contribution in [3.8, 4) is 0 Å². The summed E-state index contributed by atoms with van der Waals surface area (Å²) < 4.78 is 19.8. The van der Waals surface area contributed by atoms with Crippen molar-refractivity contribution in [1.82, 2.24) is 0 Å². The number of rotatable bonds is 3. The smallest absolute Gasteiger partial charge is 0.161 e. The third kappa shape index (κ3) is 2.78. The average Bonchev–Trinajstić information content (AvgIpc) is 2.38. The van der Waals surface area contributed by atoms with Crippen LogP contribution >= 0.6 is 0 Å². The Bertz CT molecular complexity index is 475. The number of carbonyl (C=O) groups is 1. The van der Waals surface area contributed by atoms with Crippen molar-refractivity contribution in [3.63, 3.8) is 0 Å². The number of morpholine rings is 1. The van der Waals surface area contributed by atoms with Crippen LogP contribution in [0.4, 0.5) is 10.1 Å². The van der Waals surface area contributed by atoms with Gasteiger partial charge in [-0.05, 0) is 32.4 Å². The van der Waals surface area contributed by atoms with Crippen LogP contribution in [-0.4, -0.2) is 31.1 Å². The Morgan fingerprint density at radius 2 is 2.26 bits per heavy atom. The van der Waals surface area contributed by atoms with E-state index in [9.17, 15) is 9.18 Å². The molecular formula is C15H20FNO2. The zero-order valence-electron chi connectivity index (χ0n) is 11.6. The number of hydrogen-bond acceptors (Lipinski definition) is 3. The molecule has 104 valence electrons. The summed E-state index contributed by atoms with van der Waals surface area (Å²) in [5, 5.41) is 0. The molecule has 0 bridgehead atoms. The second-order valence-electron chi connectivity index (χ2n) is 5.05. The van der Waals surface area contributed by atoms with E-state index in [1.165, 1.54) is 13.0 Å². The minimum Gasteiger partial charge on any atom is -0.375 e. The number of ether oxygens (including phenoxy) is 1. The highest BCUT2D eigenvalue weighted by Gasteiger charge is 2.29. The third-order valence-electron chi connectivity index (χ3n) is 3.59. The fourth-order valence-electron chi connectivity index (χ4n) is 2.55. The summed E-state index contributed by atoms with van der Waals surface area (Å²) in [6.07, 6.45) is 0.903. The number of para-hydroxylation sites is 1. The average molecular weight is 265 g/mol. The summed E-state index contributed by atoms with van der Waals surface area (Å²) in [4.78, 5) is 13.7. The van der Waals surface area contributed by atoms with Gasteiger partial charge in [-0.15, -0.1) is 0 Å². The molecule has 0 saturated carbocycles. The van der Waals surface area contributed by atoms with Gasteiger partial charge < -0.3 is 9.64 Å². The second-order valence-corrected chi connectivity index (χ2v) is 5.05. The molecule has 0 aromatic heterocycles. The molecule has 19 heavy (non-hydrogen) atoms. The molecule has 0 spiro atoms. The summed E-state index contributed by atoms with van der Waals surface area (Å²) in [5.74, 6) is -0.441. The number of halogens is 1. The molecule has 0 N–H and O–H groups in total. The van der Waals surface area contributed by atoms with Gasteiger partial charge in [0.1, 0.15) is 5.82 Å². The molecule has 1 heterocycles. The largest absolute Gasteiger partial charge is 0.375 e. The van der Waals surface area contributed by atoms with Gasteiger partial charge in [0.15, 0.2) is 5.78 Å². The Balaban J connectivity index is 2.46. The highest BCUT2D eigenvalue weighted by atomic mass is 19.1. The second kappa shape index (κ2) is 5.70. The molecular weight excluding hydrogens is 245 g/mol. The number of hydrogen-bond donors (Lipinski definition) is 0. The Labute approximate surface area is 113 Å². The molecule has 1 aromatic carbocycles. The van der Waals surface area contributed by atoms with Gasteiger partial charge >= 0.3 is 0 Å². The van der Waals surface area contributed by atoms with Crippen molar-refractivity contribution in [2.24, 2.45) is 0 Å². The standard InChI is InChI=1S/C15H20FNO2/c1-4-12-9-19-10(2)8-17(12)15-13(11(3)18)6-5-7-14(15)16/h5-7,10,12H,4,8-9H2,1-3H3. The van der Waals surface area contributed by atoms with Crippen molar-refractivity contribution in [2.75, 3.05) is 18.1 Å². The maximum atomic E-state index is 14.2. The number of Topliss-reactive ketones (excluding diaryl/α,β-unsaturated/α-hetero) is 1. The first-order chi connectivity index (χ1) is 9.04. The maximum absolute atomic E-state index is 14.2. The molecule has 0 amide bonds. The van der Waals surface area contributed by atoms with E-state index >= 15 is 0 Å². The van der Waals surface area contributed by atoms with E-state index in [1.807, 2.05) is 18.7 Å². The molecule has 1 aliphatic rings. The Morgan fingerprint density at radius 1 is 1.53 bits per heavy atom. The first kappa shape index (κ1) is 14.0. The van der Waals surface area contributed by atoms with Gasteiger partial charge in [0.25, 0.3) is 0 Å². The van der Waals surface area contributed by atoms with Gasteiger partial charge in [-0.25, -0.2) is 4.39 Å². The normalized spacial score (nSPS) is 23.5. The maximum Gasteiger partial charge on any atom is 0.161 e. The van der Waals surface area contributed by atoms with Crippen molar-refractivity contribution in [3.05, 3.63) is 29.6 Å². The van der Waals surface area contributed by atoms with Crippen LogP contribution in [0.1, 0.15) is 37.6 Å². The predicted molar refractivity (Wildman–Crippen MR) is 73.2 cm³/mol. The van der Waals surface area contributed by atoms with E-state index in [0.29, 0.717) is 24.4 Å². The minimum absolute atomic E-state index is 0.0437. The number of nitrogens with zero attached hydrogens (tertiary/aromatic N) is 1. The molecule has 2 atom stereocenters. The van der Waals surface area contributed by atoms with Gasteiger partial charge in [0.2, 0.25) is 0 Å². The molecule has 1 fully saturated rings. The minimum atomic E-state index is -0.333. The van der Waals surface area contributed by atoms with Gasteiger partial charge in [0, 0.05) is 12.1 Å². The van der Waals surface area contributed by atoms with E-state index in [2.05, 4.69) is 0 Å². The van der Waals surface area contributed by atoms with E-state index in [0.717, 1.165) is 6.42 Å². The molecule has 4 heteroatoms. The fraction of sp³-hybridized carbons (Fsp3) is 0.533. The van der Waals surface area contributed by atoms with Crippen LogP contribution in [0.5, 0.6) is 0 Å². The SMILES string of the molecule is CCC1COC(C)CN1c1c(F)cccc1C(C)=O. The number of benzene rings is 1. The molecule has 1 aromatic rings. The van der Waals surface area contributed by atoms with Crippen LogP contribution in [-0.2, 0) is 4.74 Å². The first-order valence-electron chi connectivity index (χ1n) is 6.72. The molecule has 0 aliphatic carbocycles. The van der Waals surface area contributed by atoms with Crippen molar-refractivity contribution >= 4 is 11.5 Å². The fourth-order valence-corrected chi connectivity index (χ4v) is 2.55. The lowest BCUT2D eigenvalue weighted by atomic mass is 10.0. The first-order valence-corrected chi connectivity index (χ1v) is 6.72. The van der Waals surface area contributed by atoms with Crippen LogP contribution in [0.25, 0.3) is 0 Å². The van der Waals surface area contributed by atoms with E-state index < -0.39 is 0 Å². The van der Waals surface area contributed by atoms with Gasteiger partial charge in [-0.1, -0.05) is 13.0 Å². The van der Waals surface area contributed by atoms with Crippen molar-refractivity contribution in [1.29, 1.82) is 0 Å². The van der Waals surface area contributed by atoms with Crippen LogP contribution < -0.4 is 4.90 Å². The number of ketones is 1. The number of carbonyl (C=O) groups excluding carboxylic acids is 1. The van der Waals surface area contributed by atoms with Crippen LogP contribution in [0.15, 0.2) is 18.2 Å². The molecule has 0 radical (unpaired) electrons. The summed E-state index contributed by atoms with van der Waals surface area (Å²) in [7, 11) is 0. The van der Waals surface area contributed by atoms with Gasteiger partial charge in [-0.2, -0.15) is 0 Å². The molecule has 1 aliphatic heterocycles. The highest BCUT2D eigenvalue weighted by molar-refractivity contribution is 5.99. The highest BCUT2D eigenvalue weighted by Crippen LogP contribution is 2.30. The summed E-state index contributed by atoms with van der Waals surface area (Å²) in [5.41, 5.74) is 0.879. The summed E-state index contributed by atoms with van der Waals surface area (Å²) >= 11 is 0. The third-order valence-corrected chi connectivity index (χ3v) is 3.59. The Kier molecular flexibility index (Phi) is 4.20. The zero-order valence-corrected chi connectivity index (χ0v) is 11.6.